The van der Waals surface area contributed by atoms with Gasteiger partial charge in [0.2, 0.25) is 5.91 Å². The third-order valence-electron chi connectivity index (χ3n) is 9.52. The van der Waals surface area contributed by atoms with Gasteiger partial charge in [-0.15, -0.1) is 0 Å². The van der Waals surface area contributed by atoms with Crippen molar-refractivity contribution >= 4 is 17.5 Å². The number of carbonyl (C=O) groups is 2. The molecule has 1 saturated carbocycles. The number of benzene rings is 1. The highest BCUT2D eigenvalue weighted by molar-refractivity contribution is 5.95. The van der Waals surface area contributed by atoms with Crippen LogP contribution in [0.4, 0.5) is 14.5 Å². The number of hydrogen-bond acceptors (Lipinski definition) is 5. The number of piperazine rings is 2. The van der Waals surface area contributed by atoms with Crippen LogP contribution >= 0.6 is 0 Å². The van der Waals surface area contributed by atoms with Gasteiger partial charge in [0.15, 0.2) is 5.69 Å². The summed E-state index contributed by atoms with van der Waals surface area (Å²) < 4.78 is 27.3. The van der Waals surface area contributed by atoms with Crippen LogP contribution in [0.15, 0.2) is 18.2 Å². The van der Waals surface area contributed by atoms with E-state index >= 15 is 0 Å². The number of anilines is 1. The van der Waals surface area contributed by atoms with Crippen molar-refractivity contribution in [1.29, 1.82) is 0 Å². The monoisotopic (exact) mass is 540 g/mol. The Morgan fingerprint density at radius 3 is 2.38 bits per heavy atom. The fourth-order valence-electron chi connectivity index (χ4n) is 6.91. The second-order valence-corrected chi connectivity index (χ2v) is 11.7. The zero-order chi connectivity index (χ0) is 27.4. The molecule has 39 heavy (non-hydrogen) atoms. The third kappa shape index (κ3) is 4.81. The van der Waals surface area contributed by atoms with E-state index in [4.69, 9.17) is 5.10 Å². The van der Waals surface area contributed by atoms with Gasteiger partial charge < -0.3 is 14.7 Å². The lowest BCUT2D eigenvalue weighted by Crippen LogP contribution is -2.50. The van der Waals surface area contributed by atoms with Crippen molar-refractivity contribution in [2.24, 2.45) is 11.8 Å². The summed E-state index contributed by atoms with van der Waals surface area (Å²) in [6.45, 7) is 11.0. The fourth-order valence-corrected chi connectivity index (χ4v) is 6.91. The molecule has 2 aliphatic carbocycles. The number of hydrogen-bond donors (Lipinski definition) is 0. The van der Waals surface area contributed by atoms with Crippen molar-refractivity contribution in [2.45, 2.75) is 46.1 Å². The molecule has 3 unspecified atom stereocenters. The molecule has 210 valence electrons. The van der Waals surface area contributed by atoms with Crippen LogP contribution in [0.1, 0.15) is 45.7 Å². The molecule has 0 N–H and O–H groups in total. The quantitative estimate of drug-likeness (QED) is 0.564. The zero-order valence-electron chi connectivity index (χ0n) is 23.1. The number of aryl methyl sites for hydroxylation is 1. The smallest absolute Gasteiger partial charge is 0.274 e. The van der Waals surface area contributed by atoms with E-state index < -0.39 is 6.43 Å². The van der Waals surface area contributed by atoms with E-state index in [1.165, 1.54) is 16.8 Å². The van der Waals surface area contributed by atoms with Gasteiger partial charge in [-0.3, -0.25) is 19.2 Å². The summed E-state index contributed by atoms with van der Waals surface area (Å²) in [7, 11) is 0. The molecular formula is C29H38F2N6O2. The Labute approximate surface area is 228 Å². The summed E-state index contributed by atoms with van der Waals surface area (Å²) in [5.74, 6) is 1.29. The molecule has 1 aromatic heterocycles. The highest BCUT2D eigenvalue weighted by atomic mass is 19.3. The van der Waals surface area contributed by atoms with Gasteiger partial charge in [-0.1, -0.05) is 19.1 Å². The van der Waals surface area contributed by atoms with Crippen molar-refractivity contribution in [1.82, 2.24) is 24.5 Å². The predicted molar refractivity (Wildman–Crippen MR) is 144 cm³/mol. The SMILES string of the molecule is Cc1cccc(N2CCN(C(=O)Cn3nc(C(=O)N4CCN(CC(F)F)CC4)c4c3CC3C(C)C43)CC2)c1C. The summed E-state index contributed by atoms with van der Waals surface area (Å²) in [6.07, 6.45) is -1.51. The zero-order valence-corrected chi connectivity index (χ0v) is 23.1. The second kappa shape index (κ2) is 10.2. The highest BCUT2D eigenvalue weighted by Crippen LogP contribution is 2.62. The van der Waals surface area contributed by atoms with E-state index in [9.17, 15) is 18.4 Å². The Balaban J connectivity index is 1.13. The minimum Gasteiger partial charge on any atom is -0.368 e. The number of carbonyl (C=O) groups excluding carboxylic acids is 2. The van der Waals surface area contributed by atoms with Crippen molar-refractivity contribution < 1.29 is 18.4 Å². The van der Waals surface area contributed by atoms with Crippen LogP contribution in [0.3, 0.4) is 0 Å². The fraction of sp³-hybridized carbons (Fsp3) is 0.621. The lowest BCUT2D eigenvalue weighted by Gasteiger charge is -2.37. The summed E-state index contributed by atoms with van der Waals surface area (Å²) in [5.41, 5.74) is 6.32. The van der Waals surface area contributed by atoms with Crippen LogP contribution in [-0.4, -0.2) is 102 Å². The number of alkyl halides is 2. The number of fused-ring (bicyclic) bond motifs is 3. The summed E-state index contributed by atoms with van der Waals surface area (Å²) in [6, 6.07) is 6.36. The van der Waals surface area contributed by atoms with E-state index in [2.05, 4.69) is 43.9 Å². The van der Waals surface area contributed by atoms with Crippen LogP contribution in [-0.2, 0) is 17.8 Å². The van der Waals surface area contributed by atoms with Crippen LogP contribution in [0, 0.1) is 25.7 Å². The maximum absolute atomic E-state index is 13.6. The highest BCUT2D eigenvalue weighted by Gasteiger charge is 2.56. The normalized spacial score (nSPS) is 24.8. The van der Waals surface area contributed by atoms with Gasteiger partial charge in [0.05, 0.1) is 6.54 Å². The third-order valence-corrected chi connectivity index (χ3v) is 9.52. The van der Waals surface area contributed by atoms with Gasteiger partial charge in [0.25, 0.3) is 12.3 Å². The van der Waals surface area contributed by atoms with E-state index in [0.29, 0.717) is 62.7 Å². The van der Waals surface area contributed by atoms with Gasteiger partial charge in [0, 0.05) is 69.3 Å². The number of amides is 2. The minimum absolute atomic E-state index is 0.0362. The van der Waals surface area contributed by atoms with E-state index in [-0.39, 0.29) is 24.9 Å². The molecule has 8 nitrogen and oxygen atoms in total. The molecule has 0 spiro atoms. The lowest BCUT2D eigenvalue weighted by atomic mass is 10.1. The number of aromatic nitrogens is 2. The first-order chi connectivity index (χ1) is 18.7. The van der Waals surface area contributed by atoms with Gasteiger partial charge in [-0.2, -0.15) is 5.10 Å². The van der Waals surface area contributed by atoms with Crippen molar-refractivity contribution in [2.75, 3.05) is 63.8 Å². The predicted octanol–water partition coefficient (Wildman–Crippen LogP) is 2.78. The molecule has 2 aromatic rings. The maximum atomic E-state index is 13.6. The number of halogens is 2. The topological polar surface area (TPSA) is 64.9 Å². The molecule has 6 rings (SSSR count). The van der Waals surface area contributed by atoms with Gasteiger partial charge >= 0.3 is 0 Å². The molecule has 4 aliphatic rings. The summed E-state index contributed by atoms with van der Waals surface area (Å²) in [4.78, 5) is 34.7. The molecule has 2 aliphatic heterocycles. The Morgan fingerprint density at radius 2 is 1.69 bits per heavy atom. The van der Waals surface area contributed by atoms with E-state index in [0.717, 1.165) is 30.8 Å². The molecule has 3 atom stereocenters. The van der Waals surface area contributed by atoms with Crippen molar-refractivity contribution in [3.8, 4) is 0 Å². The number of rotatable bonds is 6. The summed E-state index contributed by atoms with van der Waals surface area (Å²) >= 11 is 0. The van der Waals surface area contributed by atoms with Crippen LogP contribution in [0.5, 0.6) is 0 Å². The molecule has 1 aromatic carbocycles. The van der Waals surface area contributed by atoms with Crippen molar-refractivity contribution in [3.63, 3.8) is 0 Å². The molecule has 0 bridgehead atoms. The van der Waals surface area contributed by atoms with E-state index in [1.807, 2.05) is 4.90 Å². The number of nitrogens with zero attached hydrogens (tertiary/aromatic N) is 6. The maximum Gasteiger partial charge on any atom is 0.274 e. The molecule has 2 amide bonds. The van der Waals surface area contributed by atoms with E-state index in [1.54, 1.807) is 14.5 Å². The Morgan fingerprint density at radius 1 is 1.00 bits per heavy atom. The van der Waals surface area contributed by atoms with Crippen LogP contribution in [0.25, 0.3) is 0 Å². The molecule has 3 fully saturated rings. The van der Waals surface area contributed by atoms with Crippen molar-refractivity contribution in [3.05, 3.63) is 46.3 Å². The summed E-state index contributed by atoms with van der Waals surface area (Å²) in [5, 5.41) is 4.74. The molecule has 2 saturated heterocycles. The minimum atomic E-state index is -2.37. The molecule has 0 radical (unpaired) electrons. The average molecular weight is 541 g/mol. The largest absolute Gasteiger partial charge is 0.368 e. The average Bonchev–Trinajstić information content (AvgIpc) is 3.23. The van der Waals surface area contributed by atoms with Gasteiger partial charge in [-0.25, -0.2) is 8.78 Å². The van der Waals surface area contributed by atoms with Gasteiger partial charge in [0.1, 0.15) is 6.54 Å². The molecular weight excluding hydrogens is 502 g/mol. The first-order valence-electron chi connectivity index (χ1n) is 14.2. The Kier molecular flexibility index (Phi) is 6.85. The standard InChI is InChI=1S/C29H38F2N6O2/c1-18-5-4-6-22(19(18)2)34-11-13-35(14-12-34)25(38)17-37-23-15-21-20(3)26(21)27(23)28(32-37)29(39)36-9-7-33(8-10-36)16-24(30)31/h4-6,20-21,24,26H,7-17H2,1-3H3. The second-order valence-electron chi connectivity index (χ2n) is 11.7. The molecule has 3 heterocycles. The first kappa shape index (κ1) is 26.2. The first-order valence-corrected chi connectivity index (χ1v) is 14.2. The van der Waals surface area contributed by atoms with Gasteiger partial charge in [-0.05, 0) is 55.2 Å². The Hall–Kier alpha value is -3.01. The Bertz CT molecular complexity index is 1260. The lowest BCUT2D eigenvalue weighted by molar-refractivity contribution is -0.132. The van der Waals surface area contributed by atoms with Crippen LogP contribution in [0.2, 0.25) is 0 Å². The molecule has 10 heteroatoms. The van der Waals surface area contributed by atoms with Crippen LogP contribution < -0.4 is 4.90 Å².